The van der Waals surface area contributed by atoms with Crippen LogP contribution in [0.4, 0.5) is 0 Å². The summed E-state index contributed by atoms with van der Waals surface area (Å²) in [4.78, 5) is 44.8. The van der Waals surface area contributed by atoms with Crippen molar-refractivity contribution in [3.8, 4) is 0 Å². The van der Waals surface area contributed by atoms with E-state index in [0.29, 0.717) is 12.5 Å². The highest BCUT2D eigenvalue weighted by Crippen LogP contribution is 2.45. The van der Waals surface area contributed by atoms with Gasteiger partial charge in [-0.2, -0.15) is 0 Å². The smallest absolute Gasteiger partial charge is 0.356 e. The molecule has 1 aromatic heterocycles. The molecule has 1 saturated carbocycles. The average Bonchev–Trinajstić information content (AvgIpc) is 3.39. The molecule has 3 atom stereocenters. The molecule has 2 N–H and O–H groups in total. The summed E-state index contributed by atoms with van der Waals surface area (Å²) in [6, 6.07) is 10.0. The van der Waals surface area contributed by atoms with Crippen LogP contribution in [0.15, 0.2) is 42.7 Å². The second kappa shape index (κ2) is 6.79. The number of nitrogens with one attached hydrogen (secondary N) is 1. The topological polar surface area (TPSA) is 112 Å². The van der Waals surface area contributed by atoms with Gasteiger partial charge in [-0.3, -0.25) is 9.59 Å². The minimum atomic E-state index is -1.20. The first kappa shape index (κ1) is 17.1. The highest BCUT2D eigenvalue weighted by molar-refractivity contribution is 5.93. The van der Waals surface area contributed by atoms with Gasteiger partial charge in [-0.25, -0.2) is 14.8 Å². The molecule has 3 unspecified atom stereocenters. The Hall–Kier alpha value is -3.29. The van der Waals surface area contributed by atoms with Crippen LogP contribution in [0.5, 0.6) is 0 Å². The van der Waals surface area contributed by atoms with E-state index >= 15 is 0 Å². The number of carbonyl (C=O) groups is 3. The van der Waals surface area contributed by atoms with Crippen LogP contribution in [-0.4, -0.2) is 56.4 Å². The number of nitrogens with zero attached hydrogens (tertiary/aromatic N) is 3. The molecule has 1 aromatic carbocycles. The highest BCUT2D eigenvalue weighted by Gasteiger charge is 2.48. The zero-order chi connectivity index (χ0) is 19.0. The minimum absolute atomic E-state index is 0.0273. The highest BCUT2D eigenvalue weighted by atomic mass is 16.4. The Morgan fingerprint density at radius 1 is 1.11 bits per heavy atom. The van der Waals surface area contributed by atoms with Crippen LogP contribution >= 0.6 is 0 Å². The van der Waals surface area contributed by atoms with Gasteiger partial charge >= 0.3 is 5.97 Å². The summed E-state index contributed by atoms with van der Waals surface area (Å²) in [5.41, 5.74) is 1.03. The molecule has 8 heteroatoms. The molecule has 0 radical (unpaired) electrons. The number of likely N-dealkylation sites (tertiary alicyclic amines) is 1. The molecule has 4 rings (SSSR count). The second-order valence-corrected chi connectivity index (χ2v) is 6.83. The molecule has 0 spiro atoms. The van der Waals surface area contributed by atoms with Gasteiger partial charge in [0.2, 0.25) is 5.91 Å². The first-order chi connectivity index (χ1) is 13.0. The van der Waals surface area contributed by atoms with Crippen molar-refractivity contribution in [1.29, 1.82) is 0 Å². The van der Waals surface area contributed by atoms with Gasteiger partial charge in [0, 0.05) is 24.9 Å². The molecule has 2 aromatic rings. The summed E-state index contributed by atoms with van der Waals surface area (Å²) in [6.07, 6.45) is 3.36. The lowest BCUT2D eigenvalue weighted by Crippen LogP contribution is -2.38. The van der Waals surface area contributed by atoms with E-state index < -0.39 is 11.9 Å². The van der Waals surface area contributed by atoms with Crippen molar-refractivity contribution in [1.82, 2.24) is 20.2 Å². The summed E-state index contributed by atoms with van der Waals surface area (Å²) in [6.45, 7) is 0.471. The van der Waals surface area contributed by atoms with Gasteiger partial charge in [0.15, 0.2) is 5.69 Å². The van der Waals surface area contributed by atoms with E-state index in [9.17, 15) is 14.4 Å². The Kier molecular flexibility index (Phi) is 4.31. The van der Waals surface area contributed by atoms with E-state index in [-0.39, 0.29) is 35.8 Å². The normalized spacial score (nSPS) is 23.9. The summed E-state index contributed by atoms with van der Waals surface area (Å²) in [5.74, 6) is -1.27. The van der Waals surface area contributed by atoms with E-state index in [0.717, 1.165) is 18.8 Å². The molecule has 2 aliphatic rings. The minimum Gasteiger partial charge on any atom is -0.476 e. The molecule has 27 heavy (non-hydrogen) atoms. The number of rotatable bonds is 5. The van der Waals surface area contributed by atoms with E-state index in [2.05, 4.69) is 27.4 Å². The molecular formula is C19H18N4O4. The third kappa shape index (κ3) is 3.51. The number of hydrogen-bond donors (Lipinski definition) is 2. The fourth-order valence-electron chi connectivity index (χ4n) is 3.55. The van der Waals surface area contributed by atoms with Crippen LogP contribution < -0.4 is 5.32 Å². The lowest BCUT2D eigenvalue weighted by molar-refractivity contribution is -0.128. The van der Waals surface area contributed by atoms with Crippen LogP contribution in [-0.2, 0) is 4.79 Å². The molecule has 1 saturated heterocycles. The molecule has 2 heterocycles. The molecule has 8 nitrogen and oxygen atoms in total. The molecular weight excluding hydrogens is 348 g/mol. The predicted octanol–water partition coefficient (Wildman–Crippen LogP) is 1.06. The monoisotopic (exact) mass is 366 g/mol. The summed E-state index contributed by atoms with van der Waals surface area (Å²) in [7, 11) is 0. The van der Waals surface area contributed by atoms with Crippen LogP contribution in [0, 0.1) is 0 Å². The quantitative estimate of drug-likeness (QED) is 0.818. The van der Waals surface area contributed by atoms with Crippen molar-refractivity contribution in [2.75, 3.05) is 6.54 Å². The molecule has 2 amide bonds. The number of aromatic carboxylic acids is 1. The Balaban J connectivity index is 1.35. The maximum absolute atomic E-state index is 12.4. The third-order valence-electron chi connectivity index (χ3n) is 4.98. The summed E-state index contributed by atoms with van der Waals surface area (Å²) < 4.78 is 0. The number of carboxylic acid groups (broad SMARTS) is 1. The maximum Gasteiger partial charge on any atom is 0.356 e. The van der Waals surface area contributed by atoms with Gasteiger partial charge in [-0.1, -0.05) is 30.3 Å². The molecule has 1 aliphatic carbocycles. The molecule has 2 fully saturated rings. The van der Waals surface area contributed by atoms with Crippen LogP contribution in [0.2, 0.25) is 0 Å². The van der Waals surface area contributed by atoms with Gasteiger partial charge in [-0.15, -0.1) is 0 Å². The van der Waals surface area contributed by atoms with E-state index in [4.69, 9.17) is 5.11 Å². The van der Waals surface area contributed by atoms with Crippen molar-refractivity contribution in [2.24, 2.45) is 0 Å². The van der Waals surface area contributed by atoms with Crippen molar-refractivity contribution in [2.45, 2.75) is 30.8 Å². The van der Waals surface area contributed by atoms with Gasteiger partial charge in [0.1, 0.15) is 5.69 Å². The number of carboxylic acids is 1. The van der Waals surface area contributed by atoms with E-state index in [1.165, 1.54) is 5.56 Å². The van der Waals surface area contributed by atoms with Crippen molar-refractivity contribution < 1.29 is 19.5 Å². The average molecular weight is 366 g/mol. The number of hydrogen-bond acceptors (Lipinski definition) is 5. The Morgan fingerprint density at radius 2 is 1.81 bits per heavy atom. The number of carbonyl (C=O) groups excluding carboxylic acids is 2. The standard InChI is InChI=1S/C19H18N4O4/c24-17-6-12(22-18(25)14-8-21-15(9-20-14)19(26)27)10-23(17)16-7-13(16)11-4-2-1-3-5-11/h1-5,8-9,12-13,16H,6-7,10H2,(H,22,25)(H,26,27). The summed E-state index contributed by atoms with van der Waals surface area (Å²) >= 11 is 0. The fourth-order valence-corrected chi connectivity index (χ4v) is 3.55. The third-order valence-corrected chi connectivity index (χ3v) is 4.98. The molecule has 0 bridgehead atoms. The lowest BCUT2D eigenvalue weighted by atomic mass is 10.1. The van der Waals surface area contributed by atoms with Crippen LogP contribution in [0.25, 0.3) is 0 Å². The van der Waals surface area contributed by atoms with E-state index in [1.54, 1.807) is 0 Å². The van der Waals surface area contributed by atoms with Gasteiger partial charge in [0.25, 0.3) is 5.91 Å². The second-order valence-electron chi connectivity index (χ2n) is 6.83. The van der Waals surface area contributed by atoms with Crippen LogP contribution in [0.1, 0.15) is 45.3 Å². The first-order valence-electron chi connectivity index (χ1n) is 8.73. The van der Waals surface area contributed by atoms with Crippen molar-refractivity contribution in [3.05, 3.63) is 59.7 Å². The number of benzene rings is 1. The lowest BCUT2D eigenvalue weighted by Gasteiger charge is -2.17. The van der Waals surface area contributed by atoms with Crippen molar-refractivity contribution in [3.63, 3.8) is 0 Å². The Labute approximate surface area is 155 Å². The molecule has 138 valence electrons. The largest absolute Gasteiger partial charge is 0.476 e. The zero-order valence-corrected chi connectivity index (χ0v) is 14.4. The SMILES string of the molecule is O=C(O)c1cnc(C(=O)NC2CC(=O)N(C3CC3c3ccccc3)C2)cn1. The summed E-state index contributed by atoms with van der Waals surface area (Å²) in [5, 5.41) is 11.6. The number of aromatic nitrogens is 2. The van der Waals surface area contributed by atoms with Gasteiger partial charge in [-0.05, 0) is 12.0 Å². The van der Waals surface area contributed by atoms with Crippen molar-refractivity contribution >= 4 is 17.8 Å². The van der Waals surface area contributed by atoms with E-state index in [1.807, 2.05) is 23.1 Å². The van der Waals surface area contributed by atoms with Gasteiger partial charge in [0.05, 0.1) is 18.4 Å². The Morgan fingerprint density at radius 3 is 2.48 bits per heavy atom. The molecule has 1 aliphatic heterocycles. The van der Waals surface area contributed by atoms with Gasteiger partial charge < -0.3 is 15.3 Å². The van der Waals surface area contributed by atoms with Crippen LogP contribution in [0.3, 0.4) is 0 Å². The maximum atomic E-state index is 12.4. The number of amides is 2. The predicted molar refractivity (Wildman–Crippen MR) is 94.2 cm³/mol. The fraction of sp³-hybridized carbons (Fsp3) is 0.316. The first-order valence-corrected chi connectivity index (χ1v) is 8.73. The Bertz CT molecular complexity index is 884. The zero-order valence-electron chi connectivity index (χ0n) is 14.4.